The first kappa shape index (κ1) is 21.9. The highest BCUT2D eigenvalue weighted by Gasteiger charge is 2.14. The van der Waals surface area contributed by atoms with Crippen LogP contribution >= 0.6 is 11.6 Å². The van der Waals surface area contributed by atoms with Crippen molar-refractivity contribution in [3.05, 3.63) is 46.5 Å². The van der Waals surface area contributed by atoms with E-state index in [4.69, 9.17) is 25.8 Å². The zero-order valence-corrected chi connectivity index (χ0v) is 17.9. The minimum Gasteiger partial charge on any atom is -0.490 e. The van der Waals surface area contributed by atoms with Gasteiger partial charge < -0.3 is 19.5 Å². The van der Waals surface area contributed by atoms with E-state index in [0.717, 1.165) is 11.1 Å². The molecule has 0 saturated heterocycles. The smallest absolute Gasteiger partial charge is 0.262 e. The number of rotatable bonds is 9. The molecule has 0 spiro atoms. The fourth-order valence-corrected chi connectivity index (χ4v) is 2.89. The van der Waals surface area contributed by atoms with Gasteiger partial charge in [0.25, 0.3) is 5.91 Å². The van der Waals surface area contributed by atoms with Gasteiger partial charge in [-0.15, -0.1) is 0 Å². The molecule has 0 aromatic heterocycles. The van der Waals surface area contributed by atoms with E-state index in [-0.39, 0.29) is 18.4 Å². The van der Waals surface area contributed by atoms with Crippen molar-refractivity contribution in [2.45, 2.75) is 40.5 Å². The van der Waals surface area contributed by atoms with Crippen molar-refractivity contribution in [2.24, 2.45) is 0 Å². The van der Waals surface area contributed by atoms with E-state index >= 15 is 0 Å². The van der Waals surface area contributed by atoms with Crippen LogP contribution in [-0.2, 0) is 4.79 Å². The van der Waals surface area contributed by atoms with E-state index in [1.807, 2.05) is 32.9 Å². The predicted molar refractivity (Wildman–Crippen MR) is 113 cm³/mol. The lowest BCUT2D eigenvalue weighted by Gasteiger charge is -2.16. The third-order valence-corrected chi connectivity index (χ3v) is 4.51. The van der Waals surface area contributed by atoms with Gasteiger partial charge in [-0.1, -0.05) is 25.4 Å². The van der Waals surface area contributed by atoms with E-state index < -0.39 is 0 Å². The highest BCUT2D eigenvalue weighted by molar-refractivity contribution is 6.31. The molecule has 2 rings (SSSR count). The molecule has 2 aromatic carbocycles. The van der Waals surface area contributed by atoms with E-state index in [9.17, 15) is 4.79 Å². The Kier molecular flexibility index (Phi) is 8.00. The number of hydrogen-bond donors (Lipinski definition) is 1. The van der Waals surface area contributed by atoms with Gasteiger partial charge in [0.05, 0.1) is 13.2 Å². The Labute approximate surface area is 171 Å². The van der Waals surface area contributed by atoms with Crippen LogP contribution in [-0.4, -0.2) is 25.7 Å². The number of benzene rings is 2. The number of carbonyl (C=O) groups excluding carboxylic acids is 1. The van der Waals surface area contributed by atoms with Gasteiger partial charge in [-0.2, -0.15) is 0 Å². The molecule has 0 aliphatic rings. The van der Waals surface area contributed by atoms with Gasteiger partial charge in [0.15, 0.2) is 18.1 Å². The second-order valence-electron chi connectivity index (χ2n) is 6.66. The molecule has 5 nitrogen and oxygen atoms in total. The maximum Gasteiger partial charge on any atom is 0.262 e. The Morgan fingerprint density at radius 1 is 1.00 bits per heavy atom. The third kappa shape index (κ3) is 5.80. The zero-order valence-electron chi connectivity index (χ0n) is 17.1. The SMILES string of the molecule is CCOc1ccc(NC(=O)COc2cc(C)c(Cl)cc2C(C)C)cc1OCC. The van der Waals surface area contributed by atoms with E-state index in [1.54, 1.807) is 18.2 Å². The molecule has 2 aromatic rings. The maximum absolute atomic E-state index is 12.4. The minimum absolute atomic E-state index is 0.0992. The summed E-state index contributed by atoms with van der Waals surface area (Å²) in [6.45, 7) is 10.8. The van der Waals surface area contributed by atoms with Crippen LogP contribution < -0.4 is 19.5 Å². The Morgan fingerprint density at radius 2 is 1.68 bits per heavy atom. The largest absolute Gasteiger partial charge is 0.490 e. The molecule has 0 saturated carbocycles. The van der Waals surface area contributed by atoms with Gasteiger partial charge >= 0.3 is 0 Å². The highest BCUT2D eigenvalue weighted by Crippen LogP contribution is 2.32. The summed E-state index contributed by atoms with van der Waals surface area (Å²) in [5, 5.41) is 3.52. The van der Waals surface area contributed by atoms with Crippen molar-refractivity contribution >= 4 is 23.2 Å². The average Bonchev–Trinajstić information content (AvgIpc) is 2.64. The van der Waals surface area contributed by atoms with Crippen molar-refractivity contribution < 1.29 is 19.0 Å². The molecule has 0 bridgehead atoms. The van der Waals surface area contributed by atoms with Crippen LogP contribution in [0.5, 0.6) is 17.2 Å². The minimum atomic E-state index is -0.256. The van der Waals surface area contributed by atoms with Gasteiger partial charge in [-0.05, 0) is 62.1 Å². The third-order valence-electron chi connectivity index (χ3n) is 4.10. The highest BCUT2D eigenvalue weighted by atomic mass is 35.5. The number of aryl methyl sites for hydroxylation is 1. The number of ether oxygens (including phenoxy) is 3. The molecule has 0 fully saturated rings. The van der Waals surface area contributed by atoms with Crippen molar-refractivity contribution in [1.82, 2.24) is 0 Å². The monoisotopic (exact) mass is 405 g/mol. The topological polar surface area (TPSA) is 56.8 Å². The number of amides is 1. The Balaban J connectivity index is 2.07. The Bertz CT molecular complexity index is 820. The van der Waals surface area contributed by atoms with Crippen LogP contribution in [0.15, 0.2) is 30.3 Å². The molecule has 6 heteroatoms. The molecule has 0 aliphatic carbocycles. The first-order valence-electron chi connectivity index (χ1n) is 9.48. The average molecular weight is 406 g/mol. The van der Waals surface area contributed by atoms with E-state index in [2.05, 4.69) is 19.2 Å². The van der Waals surface area contributed by atoms with Gasteiger partial charge in [-0.25, -0.2) is 0 Å². The molecule has 1 amide bonds. The number of nitrogens with one attached hydrogen (secondary N) is 1. The molecular weight excluding hydrogens is 378 g/mol. The summed E-state index contributed by atoms with van der Waals surface area (Å²) >= 11 is 6.22. The van der Waals surface area contributed by atoms with Crippen LogP contribution in [0, 0.1) is 6.92 Å². The van der Waals surface area contributed by atoms with Gasteiger partial charge in [0.2, 0.25) is 0 Å². The van der Waals surface area contributed by atoms with E-state index in [1.165, 1.54) is 0 Å². The van der Waals surface area contributed by atoms with Crippen molar-refractivity contribution in [3.8, 4) is 17.2 Å². The fourth-order valence-electron chi connectivity index (χ4n) is 2.72. The Hall–Kier alpha value is -2.40. The quantitative estimate of drug-likeness (QED) is 0.591. The molecule has 0 unspecified atom stereocenters. The van der Waals surface area contributed by atoms with Gasteiger partial charge in [0.1, 0.15) is 5.75 Å². The van der Waals surface area contributed by atoms with Crippen molar-refractivity contribution in [3.63, 3.8) is 0 Å². The summed E-state index contributed by atoms with van der Waals surface area (Å²) in [7, 11) is 0. The van der Waals surface area contributed by atoms with E-state index in [0.29, 0.717) is 41.2 Å². The van der Waals surface area contributed by atoms with Crippen molar-refractivity contribution in [2.75, 3.05) is 25.1 Å². The summed E-state index contributed by atoms with van der Waals surface area (Å²) in [4.78, 5) is 12.4. The zero-order chi connectivity index (χ0) is 20.7. The van der Waals surface area contributed by atoms with Crippen molar-refractivity contribution in [1.29, 1.82) is 0 Å². The number of anilines is 1. The number of halogens is 1. The van der Waals surface area contributed by atoms with Gasteiger partial charge in [0, 0.05) is 16.8 Å². The maximum atomic E-state index is 12.4. The lowest BCUT2D eigenvalue weighted by molar-refractivity contribution is -0.118. The molecule has 0 heterocycles. The second kappa shape index (κ2) is 10.2. The summed E-state index contributed by atoms with van der Waals surface area (Å²) < 4.78 is 16.9. The van der Waals surface area contributed by atoms with Crippen LogP contribution in [0.2, 0.25) is 5.02 Å². The predicted octanol–water partition coefficient (Wildman–Crippen LogP) is 5.59. The van der Waals surface area contributed by atoms with Crippen LogP contribution in [0.4, 0.5) is 5.69 Å². The first-order chi connectivity index (χ1) is 13.3. The number of carbonyl (C=O) groups is 1. The number of hydrogen-bond acceptors (Lipinski definition) is 4. The standard InChI is InChI=1S/C22H28ClNO4/c1-6-26-19-9-8-16(11-21(19)27-7-2)24-22(25)13-28-20-10-15(5)18(23)12-17(20)14(3)4/h8-12,14H,6-7,13H2,1-5H3,(H,24,25). The van der Waals surface area contributed by atoms with Crippen LogP contribution in [0.3, 0.4) is 0 Å². The molecule has 152 valence electrons. The summed E-state index contributed by atoms with van der Waals surface area (Å²) in [6.07, 6.45) is 0. The van der Waals surface area contributed by atoms with Gasteiger partial charge in [-0.3, -0.25) is 4.79 Å². The van der Waals surface area contributed by atoms with Crippen LogP contribution in [0.1, 0.15) is 44.7 Å². The Morgan fingerprint density at radius 3 is 2.32 bits per heavy atom. The molecule has 0 atom stereocenters. The summed E-state index contributed by atoms with van der Waals surface area (Å²) in [6, 6.07) is 9.07. The van der Waals surface area contributed by atoms with Crippen LogP contribution in [0.25, 0.3) is 0 Å². The summed E-state index contributed by atoms with van der Waals surface area (Å²) in [5.41, 5.74) is 2.51. The lowest BCUT2D eigenvalue weighted by atomic mass is 10.0. The first-order valence-corrected chi connectivity index (χ1v) is 9.85. The molecule has 1 N–H and O–H groups in total. The summed E-state index contributed by atoms with van der Waals surface area (Å²) in [5.74, 6) is 1.90. The fraction of sp³-hybridized carbons (Fsp3) is 0.409. The lowest BCUT2D eigenvalue weighted by Crippen LogP contribution is -2.20. The molecule has 0 radical (unpaired) electrons. The molecule has 0 aliphatic heterocycles. The second-order valence-corrected chi connectivity index (χ2v) is 7.07. The molecule has 28 heavy (non-hydrogen) atoms. The molecular formula is C22H28ClNO4. The normalized spacial score (nSPS) is 10.7.